The lowest BCUT2D eigenvalue weighted by atomic mass is 10.0. The number of ether oxygens (including phenoxy) is 1. The van der Waals surface area contributed by atoms with Crippen LogP contribution in [0.4, 0.5) is 0 Å². The van der Waals surface area contributed by atoms with Crippen LogP contribution in [-0.2, 0) is 25.7 Å². The van der Waals surface area contributed by atoms with Gasteiger partial charge in [-0.2, -0.15) is 0 Å². The monoisotopic (exact) mass is 464 g/mol. The molecule has 0 unspecified atom stereocenters. The van der Waals surface area contributed by atoms with E-state index in [2.05, 4.69) is 20.4 Å². The normalized spacial score (nSPS) is 21.5. The zero-order valence-electron chi connectivity index (χ0n) is 18.5. The summed E-state index contributed by atoms with van der Waals surface area (Å²) in [5, 5.41) is 25.2. The Kier molecular flexibility index (Phi) is 11.2. The van der Waals surface area contributed by atoms with E-state index < -0.39 is 0 Å². The number of nitrogens with one attached hydrogen (secondary N) is 1. The fourth-order valence-electron chi connectivity index (χ4n) is 4.14. The van der Waals surface area contributed by atoms with Gasteiger partial charge in [-0.15, -0.1) is 10.2 Å². The van der Waals surface area contributed by atoms with Crippen molar-refractivity contribution in [2.24, 2.45) is 11.7 Å². The van der Waals surface area contributed by atoms with E-state index in [9.17, 15) is 4.79 Å². The van der Waals surface area contributed by atoms with E-state index in [1.807, 2.05) is 28.8 Å². The van der Waals surface area contributed by atoms with E-state index in [1.54, 1.807) is 0 Å². The van der Waals surface area contributed by atoms with E-state index in [4.69, 9.17) is 30.3 Å². The summed E-state index contributed by atoms with van der Waals surface area (Å²) in [4.78, 5) is 32.0. The SMILES string of the molecule is N[C@H]1CC[C@@H](C(=O)NCc2nnc3ccccn23)CN(C2CCOCC2)C1.O=CO.O=CO. The molecule has 2 fully saturated rings. The molecule has 0 spiro atoms. The quantitative estimate of drug-likeness (QED) is 0.450. The number of amides is 1. The van der Waals surface area contributed by atoms with Gasteiger partial charge in [-0.25, -0.2) is 0 Å². The molecular weight excluding hydrogens is 432 g/mol. The number of rotatable bonds is 4. The zero-order valence-corrected chi connectivity index (χ0v) is 18.5. The Morgan fingerprint density at radius 2 is 1.82 bits per heavy atom. The van der Waals surface area contributed by atoms with Crippen LogP contribution in [0, 0.1) is 5.92 Å². The first-order valence-corrected chi connectivity index (χ1v) is 10.8. The van der Waals surface area contributed by atoms with Gasteiger partial charge >= 0.3 is 0 Å². The number of pyridine rings is 1. The van der Waals surface area contributed by atoms with Gasteiger partial charge in [-0.1, -0.05) is 6.07 Å². The molecule has 5 N–H and O–H groups in total. The lowest BCUT2D eigenvalue weighted by Gasteiger charge is -2.35. The fourth-order valence-corrected chi connectivity index (χ4v) is 4.14. The molecule has 1 amide bonds. The molecule has 0 aromatic carbocycles. The maximum absolute atomic E-state index is 12.9. The first-order chi connectivity index (χ1) is 16.0. The summed E-state index contributed by atoms with van der Waals surface area (Å²) in [5.74, 6) is 0.778. The minimum absolute atomic E-state index is 0.0411. The number of hydrogen-bond acceptors (Lipinski definition) is 8. The molecule has 0 bridgehead atoms. The highest BCUT2D eigenvalue weighted by molar-refractivity contribution is 5.78. The summed E-state index contributed by atoms with van der Waals surface area (Å²) in [6.45, 7) is 3.11. The number of carboxylic acid groups (broad SMARTS) is 2. The molecule has 4 heterocycles. The zero-order chi connectivity index (χ0) is 24.1. The lowest BCUT2D eigenvalue weighted by molar-refractivity contribution is -0.126. The maximum atomic E-state index is 12.9. The van der Waals surface area contributed by atoms with Crippen LogP contribution in [0.1, 0.15) is 31.5 Å². The van der Waals surface area contributed by atoms with E-state index >= 15 is 0 Å². The van der Waals surface area contributed by atoms with Crippen LogP contribution in [0.15, 0.2) is 24.4 Å². The minimum Gasteiger partial charge on any atom is -0.483 e. The largest absolute Gasteiger partial charge is 0.483 e. The Morgan fingerprint density at radius 1 is 1.12 bits per heavy atom. The smallest absolute Gasteiger partial charge is 0.290 e. The predicted molar refractivity (Wildman–Crippen MR) is 118 cm³/mol. The van der Waals surface area contributed by atoms with Crippen molar-refractivity contribution >= 4 is 24.5 Å². The average molecular weight is 465 g/mol. The summed E-state index contributed by atoms with van der Waals surface area (Å²) in [7, 11) is 0. The van der Waals surface area contributed by atoms with Crippen LogP contribution < -0.4 is 11.1 Å². The number of likely N-dealkylation sites (tertiary alicyclic amines) is 1. The van der Waals surface area contributed by atoms with Gasteiger partial charge in [0, 0.05) is 44.6 Å². The van der Waals surface area contributed by atoms with Gasteiger partial charge in [0.2, 0.25) is 5.91 Å². The van der Waals surface area contributed by atoms with Gasteiger partial charge < -0.3 is 26.0 Å². The molecule has 0 radical (unpaired) electrons. The minimum atomic E-state index is -0.250. The molecule has 2 saturated heterocycles. The summed E-state index contributed by atoms with van der Waals surface area (Å²) in [6, 6.07) is 6.35. The van der Waals surface area contributed by atoms with E-state index in [0.29, 0.717) is 12.6 Å². The van der Waals surface area contributed by atoms with Crippen LogP contribution in [0.25, 0.3) is 5.65 Å². The number of hydrogen-bond donors (Lipinski definition) is 4. The highest BCUT2D eigenvalue weighted by atomic mass is 16.5. The van der Waals surface area contributed by atoms with Gasteiger partial charge in [0.1, 0.15) is 0 Å². The number of aromatic nitrogens is 3. The van der Waals surface area contributed by atoms with Crippen molar-refractivity contribution in [2.45, 2.75) is 44.3 Å². The number of fused-ring (bicyclic) bond motifs is 1. The summed E-state index contributed by atoms with van der Waals surface area (Å²) in [5.41, 5.74) is 7.07. The molecule has 0 aliphatic carbocycles. The predicted octanol–water partition coefficient (Wildman–Crippen LogP) is -0.0346. The molecule has 182 valence electrons. The van der Waals surface area contributed by atoms with Crippen molar-refractivity contribution in [3.05, 3.63) is 30.2 Å². The first kappa shape index (κ1) is 26.2. The Morgan fingerprint density at radius 3 is 2.52 bits per heavy atom. The first-order valence-electron chi connectivity index (χ1n) is 10.8. The third-order valence-corrected chi connectivity index (χ3v) is 5.69. The number of carbonyl (C=O) groups excluding carboxylic acids is 1. The van der Waals surface area contributed by atoms with E-state index in [1.165, 1.54) is 0 Å². The van der Waals surface area contributed by atoms with E-state index in [0.717, 1.165) is 63.5 Å². The van der Waals surface area contributed by atoms with E-state index in [-0.39, 0.29) is 30.8 Å². The van der Waals surface area contributed by atoms with Crippen molar-refractivity contribution in [3.8, 4) is 0 Å². The number of nitrogens with two attached hydrogens (primary N) is 1. The average Bonchev–Trinajstić information content (AvgIpc) is 3.13. The maximum Gasteiger partial charge on any atom is 0.290 e. The molecule has 12 heteroatoms. The van der Waals surface area contributed by atoms with Crippen LogP contribution >= 0.6 is 0 Å². The van der Waals surface area contributed by atoms with Gasteiger partial charge in [-0.05, 0) is 37.8 Å². The highest BCUT2D eigenvalue weighted by Crippen LogP contribution is 2.22. The van der Waals surface area contributed by atoms with Crippen LogP contribution in [0.5, 0.6) is 0 Å². The van der Waals surface area contributed by atoms with Crippen molar-refractivity contribution in [2.75, 3.05) is 26.3 Å². The molecule has 0 saturated carbocycles. The van der Waals surface area contributed by atoms with Crippen LogP contribution in [0.2, 0.25) is 0 Å². The van der Waals surface area contributed by atoms with Crippen molar-refractivity contribution in [3.63, 3.8) is 0 Å². The topological polar surface area (TPSA) is 172 Å². The molecule has 2 atom stereocenters. The summed E-state index contributed by atoms with van der Waals surface area (Å²) < 4.78 is 7.39. The molecule has 33 heavy (non-hydrogen) atoms. The second-order valence-electron chi connectivity index (χ2n) is 7.81. The molecule has 4 rings (SSSR count). The molecule has 2 aliphatic heterocycles. The second-order valence-corrected chi connectivity index (χ2v) is 7.81. The Labute approximate surface area is 191 Å². The molecule has 2 aromatic rings. The van der Waals surface area contributed by atoms with Gasteiger partial charge in [0.25, 0.3) is 12.9 Å². The van der Waals surface area contributed by atoms with Gasteiger partial charge in [0.05, 0.1) is 12.5 Å². The van der Waals surface area contributed by atoms with Crippen LogP contribution in [-0.4, -0.2) is 86.9 Å². The molecule has 2 aliphatic rings. The Hall–Kier alpha value is -3.09. The van der Waals surface area contributed by atoms with Gasteiger partial charge in [-0.3, -0.25) is 23.7 Å². The second kappa shape index (κ2) is 14.1. The molecule has 2 aromatic heterocycles. The van der Waals surface area contributed by atoms with Crippen molar-refractivity contribution in [1.82, 2.24) is 24.8 Å². The van der Waals surface area contributed by atoms with Crippen LogP contribution in [0.3, 0.4) is 0 Å². The third kappa shape index (κ3) is 8.08. The standard InChI is InChI=1S/C19H28N6O2.2CH2O2/c20-15-5-4-14(12-24(13-15)16-6-9-27-10-7-16)19(26)21-11-18-23-22-17-3-1-2-8-25(17)18;2*2-1-3/h1-3,8,14-16H,4-7,9-13,20H2,(H,21,26);2*1H,(H,2,3)/t14-,15+;;/m1../s1. The third-order valence-electron chi connectivity index (χ3n) is 5.69. The number of carbonyl (C=O) groups is 3. The van der Waals surface area contributed by atoms with Gasteiger partial charge in [0.15, 0.2) is 11.5 Å². The molecular formula is C21H32N6O6. The summed E-state index contributed by atoms with van der Waals surface area (Å²) in [6.07, 6.45) is 5.66. The molecule has 12 nitrogen and oxygen atoms in total. The summed E-state index contributed by atoms with van der Waals surface area (Å²) >= 11 is 0. The van der Waals surface area contributed by atoms with Crippen molar-refractivity contribution < 1.29 is 29.3 Å². The highest BCUT2D eigenvalue weighted by Gasteiger charge is 2.31. The Bertz CT molecular complexity index is 866. The Balaban J connectivity index is 0.000000582. The number of nitrogens with zero attached hydrogens (tertiary/aromatic N) is 4. The lowest BCUT2D eigenvalue weighted by Crippen LogP contribution is -2.47. The van der Waals surface area contributed by atoms with Crippen molar-refractivity contribution in [1.29, 1.82) is 0 Å². The fraction of sp³-hybridized carbons (Fsp3) is 0.571.